The quantitative estimate of drug-likeness (QED) is 0.299. The van der Waals surface area contributed by atoms with Gasteiger partial charge in [-0.05, 0) is 49.9 Å². The van der Waals surface area contributed by atoms with Crippen LogP contribution in [0.4, 0.5) is 5.69 Å². The molecule has 2 N–H and O–H groups in total. The summed E-state index contributed by atoms with van der Waals surface area (Å²) in [5.74, 6) is 1.47. The maximum Gasteiger partial charge on any atom is 0.191 e. The van der Waals surface area contributed by atoms with Crippen LogP contribution >= 0.6 is 39.9 Å². The third-order valence-corrected chi connectivity index (χ3v) is 6.07. The number of guanidine groups is 1. The van der Waals surface area contributed by atoms with Crippen LogP contribution in [-0.4, -0.2) is 59.1 Å². The molecular weight excluding hydrogens is 543 g/mol. The highest BCUT2D eigenvalue weighted by molar-refractivity contribution is 14.0. The van der Waals surface area contributed by atoms with Crippen molar-refractivity contribution in [3.05, 3.63) is 28.7 Å². The number of nitrogens with zero attached hydrogens (tertiary/aromatic N) is 2. The van der Waals surface area contributed by atoms with E-state index < -0.39 is 9.84 Å². The minimum Gasteiger partial charge on any atom is -0.371 e. The molecule has 1 aliphatic heterocycles. The number of aliphatic imine (C=N–C) groups is 1. The zero-order valence-electron chi connectivity index (χ0n) is 16.1. The van der Waals surface area contributed by atoms with Crippen LogP contribution in [0, 0.1) is 5.92 Å². The monoisotopic (exact) mass is 572 g/mol. The lowest BCUT2D eigenvalue weighted by molar-refractivity contribution is 0.551. The second kappa shape index (κ2) is 11.5. The minimum absolute atomic E-state index is 0. The van der Waals surface area contributed by atoms with Gasteiger partial charge in [0.2, 0.25) is 0 Å². The fourth-order valence-electron chi connectivity index (χ4n) is 3.02. The Balaban J connectivity index is 0.00000364. The molecule has 1 aromatic carbocycles. The van der Waals surface area contributed by atoms with Crippen molar-refractivity contribution in [2.24, 2.45) is 10.9 Å². The molecule has 6 nitrogen and oxygen atoms in total. The largest absolute Gasteiger partial charge is 0.371 e. The lowest BCUT2D eigenvalue weighted by Gasteiger charge is -2.21. The molecule has 1 fully saturated rings. The molecule has 0 radical (unpaired) electrons. The number of halogens is 2. The van der Waals surface area contributed by atoms with E-state index in [1.165, 1.54) is 11.9 Å². The van der Waals surface area contributed by atoms with Crippen molar-refractivity contribution in [1.82, 2.24) is 10.6 Å². The molecular formula is C18H30BrIN4O2S. The van der Waals surface area contributed by atoms with Gasteiger partial charge in [0, 0.05) is 49.1 Å². The zero-order valence-corrected chi connectivity index (χ0v) is 20.8. The molecule has 0 aromatic heterocycles. The Kier molecular flexibility index (Phi) is 10.4. The minimum atomic E-state index is -2.93. The molecule has 0 spiro atoms. The molecule has 1 aromatic rings. The molecule has 0 aliphatic carbocycles. The maximum atomic E-state index is 11.3. The highest BCUT2D eigenvalue weighted by Gasteiger charge is 2.23. The predicted octanol–water partition coefficient (Wildman–Crippen LogP) is 2.88. The Bertz CT molecular complexity index is 713. The third kappa shape index (κ3) is 8.99. The molecule has 1 heterocycles. The van der Waals surface area contributed by atoms with Crippen LogP contribution in [0.1, 0.15) is 19.8 Å². The molecule has 1 aliphatic rings. The first kappa shape index (κ1) is 24.5. The Morgan fingerprint density at radius 3 is 2.63 bits per heavy atom. The topological polar surface area (TPSA) is 73.8 Å². The number of hydrogen-bond acceptors (Lipinski definition) is 4. The fourth-order valence-corrected chi connectivity index (χ4v) is 4.06. The predicted molar refractivity (Wildman–Crippen MR) is 128 cm³/mol. The first-order chi connectivity index (χ1) is 12.3. The van der Waals surface area contributed by atoms with Gasteiger partial charge in [-0.25, -0.2) is 8.42 Å². The maximum absolute atomic E-state index is 11.3. The second-order valence-electron chi connectivity index (χ2n) is 6.99. The third-order valence-electron chi connectivity index (χ3n) is 4.56. The molecule has 9 heteroatoms. The first-order valence-corrected chi connectivity index (χ1v) is 11.8. The van der Waals surface area contributed by atoms with E-state index in [2.05, 4.69) is 60.7 Å². The molecule has 0 bridgehead atoms. The van der Waals surface area contributed by atoms with Gasteiger partial charge in [-0.3, -0.25) is 4.99 Å². The summed E-state index contributed by atoms with van der Waals surface area (Å²) in [6.45, 7) is 4.91. The molecule has 0 saturated carbocycles. The van der Waals surface area contributed by atoms with E-state index in [9.17, 15) is 8.42 Å². The molecule has 2 atom stereocenters. The van der Waals surface area contributed by atoms with Crippen LogP contribution < -0.4 is 15.5 Å². The summed E-state index contributed by atoms with van der Waals surface area (Å²) in [5, 5.41) is 6.64. The van der Waals surface area contributed by atoms with Crippen molar-refractivity contribution in [3.8, 4) is 0 Å². The average Bonchev–Trinajstić information content (AvgIpc) is 3.05. The molecule has 2 unspecified atom stereocenters. The smallest absolute Gasteiger partial charge is 0.191 e. The zero-order chi connectivity index (χ0) is 19.2. The molecule has 27 heavy (non-hydrogen) atoms. The lowest BCUT2D eigenvalue weighted by Crippen LogP contribution is -2.44. The van der Waals surface area contributed by atoms with Gasteiger partial charge in [0.1, 0.15) is 9.84 Å². The summed E-state index contributed by atoms with van der Waals surface area (Å²) in [5.41, 5.74) is 1.26. The normalized spacial score (nSPS) is 18.7. The van der Waals surface area contributed by atoms with Gasteiger partial charge in [0.15, 0.2) is 5.96 Å². The van der Waals surface area contributed by atoms with Gasteiger partial charge >= 0.3 is 0 Å². The van der Waals surface area contributed by atoms with Gasteiger partial charge in [0.25, 0.3) is 0 Å². The van der Waals surface area contributed by atoms with Crippen LogP contribution in [0.25, 0.3) is 0 Å². The van der Waals surface area contributed by atoms with E-state index in [1.807, 2.05) is 6.92 Å². The van der Waals surface area contributed by atoms with Crippen molar-refractivity contribution in [2.75, 3.05) is 43.6 Å². The number of hydrogen-bond donors (Lipinski definition) is 2. The summed E-state index contributed by atoms with van der Waals surface area (Å²) in [6, 6.07) is 8.49. The Labute approximate surface area is 188 Å². The van der Waals surface area contributed by atoms with Crippen LogP contribution in [0.15, 0.2) is 33.7 Å². The van der Waals surface area contributed by atoms with Crippen LogP contribution in [0.2, 0.25) is 0 Å². The van der Waals surface area contributed by atoms with E-state index in [-0.39, 0.29) is 35.8 Å². The Morgan fingerprint density at radius 1 is 1.37 bits per heavy atom. The molecule has 154 valence electrons. The first-order valence-electron chi connectivity index (χ1n) is 8.92. The van der Waals surface area contributed by atoms with E-state index in [4.69, 9.17) is 0 Å². The summed E-state index contributed by atoms with van der Waals surface area (Å²) in [7, 11) is -1.19. The summed E-state index contributed by atoms with van der Waals surface area (Å²) in [6.07, 6.45) is 2.98. The number of rotatable bonds is 7. The van der Waals surface area contributed by atoms with Gasteiger partial charge in [-0.1, -0.05) is 15.9 Å². The summed E-state index contributed by atoms with van der Waals surface area (Å²) >= 11 is 3.47. The van der Waals surface area contributed by atoms with E-state index >= 15 is 0 Å². The number of anilines is 1. The SMILES string of the molecule is CN=C(NCC1CCN(c2ccc(Br)cc2)C1)NC(C)CCS(C)(=O)=O.I. The number of sulfone groups is 1. The van der Waals surface area contributed by atoms with Gasteiger partial charge in [-0.15, -0.1) is 24.0 Å². The molecule has 2 rings (SSSR count). The Hall–Kier alpha value is -0.550. The van der Waals surface area contributed by atoms with Crippen molar-refractivity contribution >= 4 is 61.4 Å². The van der Waals surface area contributed by atoms with Gasteiger partial charge in [0.05, 0.1) is 5.75 Å². The second-order valence-corrected chi connectivity index (χ2v) is 10.2. The molecule has 0 amide bonds. The van der Waals surface area contributed by atoms with Crippen molar-refractivity contribution in [3.63, 3.8) is 0 Å². The Morgan fingerprint density at radius 2 is 2.04 bits per heavy atom. The van der Waals surface area contributed by atoms with Crippen LogP contribution in [-0.2, 0) is 9.84 Å². The van der Waals surface area contributed by atoms with E-state index in [1.54, 1.807) is 7.05 Å². The van der Waals surface area contributed by atoms with Gasteiger partial charge in [-0.2, -0.15) is 0 Å². The van der Waals surface area contributed by atoms with Crippen molar-refractivity contribution in [1.29, 1.82) is 0 Å². The van der Waals surface area contributed by atoms with Crippen LogP contribution in [0.5, 0.6) is 0 Å². The fraction of sp³-hybridized carbons (Fsp3) is 0.611. The summed E-state index contributed by atoms with van der Waals surface area (Å²) < 4.78 is 23.6. The van der Waals surface area contributed by atoms with Crippen molar-refractivity contribution < 1.29 is 8.42 Å². The number of benzene rings is 1. The number of nitrogens with one attached hydrogen (secondary N) is 2. The highest BCUT2D eigenvalue weighted by atomic mass is 127. The lowest BCUT2D eigenvalue weighted by atomic mass is 10.1. The highest BCUT2D eigenvalue weighted by Crippen LogP contribution is 2.24. The van der Waals surface area contributed by atoms with Crippen molar-refractivity contribution in [2.45, 2.75) is 25.8 Å². The van der Waals surface area contributed by atoms with Crippen LogP contribution in [0.3, 0.4) is 0 Å². The molecule has 1 saturated heterocycles. The van der Waals surface area contributed by atoms with E-state index in [0.717, 1.165) is 36.5 Å². The van der Waals surface area contributed by atoms with E-state index in [0.29, 0.717) is 12.3 Å². The standard InChI is InChI=1S/C18H29BrN4O2S.HI/c1-14(9-11-26(3,24)25)22-18(20-2)21-12-15-8-10-23(13-15)17-6-4-16(19)5-7-17;/h4-7,14-15H,8-13H2,1-3H3,(H2,20,21,22);1H. The van der Waals surface area contributed by atoms with Gasteiger partial charge < -0.3 is 15.5 Å². The summed E-state index contributed by atoms with van der Waals surface area (Å²) in [4.78, 5) is 6.65. The average molecular weight is 573 g/mol.